The zero-order valence-corrected chi connectivity index (χ0v) is 19.6. The van der Waals surface area contributed by atoms with Gasteiger partial charge in [0, 0.05) is 26.2 Å². The number of carbonyl (C=O) groups excluding carboxylic acids is 1. The Bertz CT molecular complexity index is 1090. The third-order valence-corrected chi connectivity index (χ3v) is 7.08. The van der Waals surface area contributed by atoms with Gasteiger partial charge in [-0.2, -0.15) is 4.31 Å². The molecule has 0 N–H and O–H groups in total. The SMILES string of the molecule is COc1ccc(OC(C)(C)C(=O)N2CCN(S(=O)(=O)c3ccc(OC(F)(F)F)cc3)CC2)cc1. The minimum Gasteiger partial charge on any atom is -0.497 e. The summed E-state index contributed by atoms with van der Waals surface area (Å²) in [6.45, 7) is 3.62. The monoisotopic (exact) mass is 502 g/mol. The number of hydrogen-bond acceptors (Lipinski definition) is 6. The molecule has 1 fully saturated rings. The molecule has 1 aliphatic rings. The molecule has 12 heteroatoms. The predicted octanol–water partition coefficient (Wildman–Crippen LogP) is 3.28. The number of methoxy groups -OCH3 is 1. The van der Waals surface area contributed by atoms with Crippen LogP contribution < -0.4 is 14.2 Å². The van der Waals surface area contributed by atoms with E-state index in [-0.39, 0.29) is 37.0 Å². The number of amides is 1. The lowest BCUT2D eigenvalue weighted by atomic mass is 10.1. The predicted molar refractivity (Wildman–Crippen MR) is 116 cm³/mol. The molecular weight excluding hydrogens is 477 g/mol. The summed E-state index contributed by atoms with van der Waals surface area (Å²) in [5, 5.41) is 0. The Balaban J connectivity index is 1.61. The third-order valence-electron chi connectivity index (χ3n) is 5.17. The molecule has 1 aliphatic heterocycles. The minimum atomic E-state index is -4.87. The van der Waals surface area contributed by atoms with Crippen LogP contribution in [-0.2, 0) is 14.8 Å². The summed E-state index contributed by atoms with van der Waals surface area (Å²) in [6.07, 6.45) is -4.87. The first-order valence-corrected chi connectivity index (χ1v) is 11.7. The van der Waals surface area contributed by atoms with Gasteiger partial charge >= 0.3 is 6.36 Å². The highest BCUT2D eigenvalue weighted by Gasteiger charge is 2.38. The molecular formula is C22H25F3N2O6S. The first-order valence-electron chi connectivity index (χ1n) is 10.3. The van der Waals surface area contributed by atoms with Gasteiger partial charge in [0.2, 0.25) is 10.0 Å². The van der Waals surface area contributed by atoms with Crippen LogP contribution in [0, 0.1) is 0 Å². The Morgan fingerprint density at radius 2 is 1.29 bits per heavy atom. The minimum absolute atomic E-state index is 0.0352. The van der Waals surface area contributed by atoms with Crippen LogP contribution >= 0.6 is 0 Å². The molecule has 0 atom stereocenters. The molecule has 1 heterocycles. The van der Waals surface area contributed by atoms with Crippen molar-refractivity contribution in [1.82, 2.24) is 9.21 Å². The van der Waals surface area contributed by atoms with E-state index in [4.69, 9.17) is 9.47 Å². The number of benzene rings is 2. The van der Waals surface area contributed by atoms with E-state index >= 15 is 0 Å². The lowest BCUT2D eigenvalue weighted by Gasteiger charge is -2.38. The molecule has 0 saturated carbocycles. The third kappa shape index (κ3) is 6.11. The second-order valence-corrected chi connectivity index (χ2v) is 9.94. The number of ether oxygens (including phenoxy) is 3. The Kier molecular flexibility index (Phi) is 7.32. The average Bonchev–Trinajstić information content (AvgIpc) is 2.78. The molecule has 34 heavy (non-hydrogen) atoms. The van der Waals surface area contributed by atoms with Crippen molar-refractivity contribution >= 4 is 15.9 Å². The van der Waals surface area contributed by atoms with Gasteiger partial charge in [-0.15, -0.1) is 13.2 Å². The van der Waals surface area contributed by atoms with Crippen molar-refractivity contribution < 1.29 is 40.6 Å². The maximum absolute atomic E-state index is 13.0. The first kappa shape index (κ1) is 25.6. The summed E-state index contributed by atoms with van der Waals surface area (Å²) >= 11 is 0. The van der Waals surface area contributed by atoms with Crippen molar-refractivity contribution in [2.24, 2.45) is 0 Å². The Labute approximate surface area is 195 Å². The summed E-state index contributed by atoms with van der Waals surface area (Å²) < 4.78 is 78.6. The standard InChI is InChI=1S/C22H25F3N2O6S/c1-21(2,32-17-6-4-16(31-3)5-7-17)20(28)26-12-14-27(15-13-26)34(29,30)19-10-8-18(9-11-19)33-22(23,24)25/h4-11H,12-15H2,1-3H3. The van der Waals surface area contributed by atoms with E-state index in [2.05, 4.69) is 4.74 Å². The molecule has 8 nitrogen and oxygen atoms in total. The van der Waals surface area contributed by atoms with Crippen LogP contribution in [0.1, 0.15) is 13.8 Å². The van der Waals surface area contributed by atoms with Crippen LogP contribution in [0.3, 0.4) is 0 Å². The second-order valence-electron chi connectivity index (χ2n) is 8.00. The molecule has 186 valence electrons. The lowest BCUT2D eigenvalue weighted by Crippen LogP contribution is -2.56. The summed E-state index contributed by atoms with van der Waals surface area (Å²) in [5.74, 6) is 0.324. The highest BCUT2D eigenvalue weighted by atomic mass is 32.2. The van der Waals surface area contributed by atoms with Crippen molar-refractivity contribution in [3.8, 4) is 17.2 Å². The summed E-state index contributed by atoms with van der Waals surface area (Å²) in [5.41, 5.74) is -1.19. The van der Waals surface area contributed by atoms with Crippen molar-refractivity contribution in [3.05, 3.63) is 48.5 Å². The quantitative estimate of drug-likeness (QED) is 0.578. The highest BCUT2D eigenvalue weighted by molar-refractivity contribution is 7.89. The molecule has 0 radical (unpaired) electrons. The van der Waals surface area contributed by atoms with Gasteiger partial charge in [0.1, 0.15) is 17.2 Å². The van der Waals surface area contributed by atoms with Gasteiger partial charge < -0.3 is 19.1 Å². The number of nitrogens with zero attached hydrogens (tertiary/aromatic N) is 2. The molecule has 0 unspecified atom stereocenters. The lowest BCUT2D eigenvalue weighted by molar-refractivity contribution is -0.274. The molecule has 3 rings (SSSR count). The van der Waals surface area contributed by atoms with Crippen LogP contribution in [0.2, 0.25) is 0 Å². The molecule has 1 saturated heterocycles. The van der Waals surface area contributed by atoms with Crippen molar-refractivity contribution in [2.75, 3.05) is 33.3 Å². The first-order chi connectivity index (χ1) is 15.8. The Morgan fingerprint density at radius 1 is 0.824 bits per heavy atom. The van der Waals surface area contributed by atoms with Crippen LogP contribution in [0.4, 0.5) is 13.2 Å². The van der Waals surface area contributed by atoms with Crippen molar-refractivity contribution in [2.45, 2.75) is 30.7 Å². The molecule has 0 spiro atoms. The van der Waals surface area contributed by atoms with Gasteiger partial charge in [-0.1, -0.05) is 0 Å². The fraction of sp³-hybridized carbons (Fsp3) is 0.409. The number of piperazine rings is 1. The van der Waals surface area contributed by atoms with Gasteiger partial charge in [-0.25, -0.2) is 8.42 Å². The highest BCUT2D eigenvalue weighted by Crippen LogP contribution is 2.27. The van der Waals surface area contributed by atoms with E-state index in [0.29, 0.717) is 11.5 Å². The number of hydrogen-bond donors (Lipinski definition) is 0. The van der Waals surface area contributed by atoms with Gasteiger partial charge in [0.15, 0.2) is 5.60 Å². The number of rotatable bonds is 7. The second kappa shape index (κ2) is 9.71. The Hall–Kier alpha value is -2.99. The fourth-order valence-electron chi connectivity index (χ4n) is 3.46. The maximum Gasteiger partial charge on any atom is 0.573 e. The average molecular weight is 503 g/mol. The largest absolute Gasteiger partial charge is 0.573 e. The molecule has 0 aromatic heterocycles. The van der Waals surface area contributed by atoms with Crippen LogP contribution in [0.25, 0.3) is 0 Å². The number of halogens is 3. The van der Waals surface area contributed by atoms with E-state index in [1.54, 1.807) is 45.2 Å². The van der Waals surface area contributed by atoms with Crippen LogP contribution in [-0.4, -0.2) is 68.8 Å². The zero-order valence-electron chi connectivity index (χ0n) is 18.8. The van der Waals surface area contributed by atoms with E-state index < -0.39 is 27.7 Å². The van der Waals surface area contributed by atoms with E-state index in [1.807, 2.05) is 0 Å². The Morgan fingerprint density at radius 3 is 1.79 bits per heavy atom. The molecule has 1 amide bonds. The molecule has 0 bridgehead atoms. The number of carbonyl (C=O) groups is 1. The summed E-state index contributed by atoms with van der Waals surface area (Å²) in [7, 11) is -2.40. The van der Waals surface area contributed by atoms with Crippen molar-refractivity contribution in [3.63, 3.8) is 0 Å². The summed E-state index contributed by atoms with van der Waals surface area (Å²) in [6, 6.07) is 10.8. The summed E-state index contributed by atoms with van der Waals surface area (Å²) in [4.78, 5) is 14.4. The van der Waals surface area contributed by atoms with Gasteiger partial charge in [-0.05, 0) is 62.4 Å². The van der Waals surface area contributed by atoms with E-state index in [1.165, 1.54) is 9.21 Å². The number of sulfonamides is 1. The number of alkyl halides is 3. The smallest absolute Gasteiger partial charge is 0.497 e. The maximum atomic E-state index is 13.0. The molecule has 0 aliphatic carbocycles. The topological polar surface area (TPSA) is 85.4 Å². The van der Waals surface area contributed by atoms with Gasteiger partial charge in [0.25, 0.3) is 5.91 Å². The van der Waals surface area contributed by atoms with Gasteiger partial charge in [0.05, 0.1) is 12.0 Å². The molecule has 2 aromatic carbocycles. The van der Waals surface area contributed by atoms with Crippen LogP contribution in [0.5, 0.6) is 17.2 Å². The fourth-order valence-corrected chi connectivity index (χ4v) is 4.88. The zero-order chi connectivity index (χ0) is 25.1. The normalized spacial score (nSPS) is 15.6. The van der Waals surface area contributed by atoms with E-state index in [9.17, 15) is 26.4 Å². The van der Waals surface area contributed by atoms with Crippen molar-refractivity contribution in [1.29, 1.82) is 0 Å². The van der Waals surface area contributed by atoms with E-state index in [0.717, 1.165) is 24.3 Å². The van der Waals surface area contributed by atoms with Gasteiger partial charge in [-0.3, -0.25) is 4.79 Å². The van der Waals surface area contributed by atoms with Crippen LogP contribution in [0.15, 0.2) is 53.4 Å². The molecule has 2 aromatic rings.